The van der Waals surface area contributed by atoms with E-state index in [2.05, 4.69) is 116 Å². The second kappa shape index (κ2) is 26.9. The monoisotopic (exact) mass is 1220 g/mol. The quantitative estimate of drug-likeness (QED) is 0.111. The molecule has 0 spiro atoms. The van der Waals surface area contributed by atoms with Gasteiger partial charge in [0.1, 0.15) is 11.6 Å². The molecule has 2 aromatic heterocycles. The van der Waals surface area contributed by atoms with E-state index in [0.29, 0.717) is 29.9 Å². The van der Waals surface area contributed by atoms with Crippen molar-refractivity contribution in [1.82, 2.24) is 19.9 Å². The van der Waals surface area contributed by atoms with Gasteiger partial charge < -0.3 is 15.1 Å². The molecule has 2 heterocycles. The van der Waals surface area contributed by atoms with Crippen molar-refractivity contribution in [3.05, 3.63) is 82.4 Å². The third kappa shape index (κ3) is 19.5. The molecule has 0 fully saturated rings. The summed E-state index contributed by atoms with van der Waals surface area (Å²) >= 11 is 26.7. The molecule has 0 amide bonds. The normalized spacial score (nSPS) is 9.34. The van der Waals surface area contributed by atoms with Crippen LogP contribution in [0, 0.1) is 0 Å². The molecule has 214 valence electrons. The van der Waals surface area contributed by atoms with Gasteiger partial charge in [-0.15, -0.1) is 24.0 Å². The average molecular weight is 1230 g/mol. The van der Waals surface area contributed by atoms with Crippen molar-refractivity contribution in [2.24, 2.45) is 0 Å². The van der Waals surface area contributed by atoms with E-state index in [0.717, 1.165) is 33.5 Å². The Labute approximate surface area is 307 Å². The average Bonchev–Trinajstić information content (AvgIpc) is 3.57. The van der Waals surface area contributed by atoms with Crippen molar-refractivity contribution in [1.29, 1.82) is 0 Å². The molecular formula is C20H18Cl6I5N4O2S-. The Kier molecular flexibility index (Phi) is 30.1. The summed E-state index contributed by atoms with van der Waals surface area (Å²) in [6.45, 7) is -0.0272. The molecule has 6 nitrogen and oxygen atoms in total. The first-order valence-electron chi connectivity index (χ1n) is 9.26. The van der Waals surface area contributed by atoms with Crippen LogP contribution in [0.1, 0.15) is 11.4 Å². The number of hydrogen-bond donors (Lipinski definition) is 3. The molecule has 0 aliphatic rings. The Hall–Kier alpha value is 2.36. The molecule has 0 bridgehead atoms. The maximum absolute atomic E-state index is 9.09. The fourth-order valence-corrected chi connectivity index (χ4v) is 2.76. The van der Waals surface area contributed by atoms with E-state index >= 15 is 0 Å². The zero-order valence-corrected chi connectivity index (χ0v) is 34.7. The van der Waals surface area contributed by atoms with Crippen LogP contribution < -0.4 is 13.3 Å². The molecule has 3 N–H and O–H groups in total. The van der Waals surface area contributed by atoms with Gasteiger partial charge in [-0.05, 0) is 48.5 Å². The molecule has 4 rings (SSSR count). The number of aromatic nitrogens is 4. The smallest absolute Gasteiger partial charge is 0.211 e. The number of H-pyrrole nitrogens is 2. The van der Waals surface area contributed by atoms with Gasteiger partial charge >= 0.3 is 50.5 Å². The predicted molar refractivity (Wildman–Crippen MR) is 197 cm³/mol. The Bertz CT molecular complexity index is 1070. The van der Waals surface area contributed by atoms with Crippen LogP contribution in [0.5, 0.6) is 0 Å². The van der Waals surface area contributed by atoms with Crippen molar-refractivity contribution < 1.29 is 22.6 Å². The van der Waals surface area contributed by atoms with Gasteiger partial charge in [-0.25, -0.2) is 14.2 Å². The molecule has 4 aromatic rings. The fraction of sp³-hybridized carbons (Fsp3) is 0.100. The van der Waals surface area contributed by atoms with Gasteiger partial charge in [0.2, 0.25) is 9.23 Å². The van der Waals surface area contributed by atoms with E-state index < -0.39 is 9.23 Å². The van der Waals surface area contributed by atoms with Gasteiger partial charge in [-0.3, -0.25) is 0 Å². The van der Waals surface area contributed by atoms with E-state index in [4.69, 9.17) is 44.1 Å². The predicted octanol–water partition coefficient (Wildman–Crippen LogP) is 7.70. The molecule has 0 atom stereocenters. The Morgan fingerprint density at radius 1 is 0.816 bits per heavy atom. The molecule has 18 heteroatoms. The van der Waals surface area contributed by atoms with Crippen LogP contribution in [0.2, 0.25) is 10.0 Å². The number of nitrogens with one attached hydrogen (secondary N) is 2. The van der Waals surface area contributed by atoms with Crippen molar-refractivity contribution in [3.63, 3.8) is 0 Å². The van der Waals surface area contributed by atoms with Crippen LogP contribution in [-0.4, -0.2) is 29.3 Å². The van der Waals surface area contributed by atoms with Gasteiger partial charge in [-0.1, -0.05) is 23.2 Å². The molecule has 0 unspecified atom stereocenters. The van der Waals surface area contributed by atoms with Crippen LogP contribution in [0.4, 0.5) is 0 Å². The summed E-state index contributed by atoms with van der Waals surface area (Å²) in [5.41, 5.74) is 3.58. The Morgan fingerprint density at radius 2 is 1.13 bits per heavy atom. The number of rotatable bonds is 4. The van der Waals surface area contributed by atoms with Crippen LogP contribution >= 0.6 is 143 Å². The maximum Gasteiger partial charge on any atom is 0.211 e. The standard InChI is InChI=1S/C10H8Cl2N2.C10H9ClN2O.Cl2OS.ClH.I3.I2/c11-5-9-6-13-10(14-9)7-1-3-8(12)4-2-7;11-8-3-1-7(2-4-8)10-12-5-9(6-14)13-10;1-4(2)3;;1-3-2;1-2/h1-4,6H,5H2,(H,13,14);1-5,14H,6H2,(H,12,13);;1H;;/q;;;;-1;. The minimum absolute atomic E-state index is 0. The first-order valence-corrected chi connectivity index (χ1v) is 32.2. The summed E-state index contributed by atoms with van der Waals surface area (Å²) in [6, 6.07) is 14.9. The number of benzene rings is 2. The number of aliphatic hydroxyl groups is 1. The van der Waals surface area contributed by atoms with Crippen molar-refractivity contribution in [2.45, 2.75) is 12.5 Å². The van der Waals surface area contributed by atoms with Gasteiger partial charge in [0, 0.05) is 91.7 Å². The Morgan fingerprint density at radius 3 is 1.39 bits per heavy atom. The van der Waals surface area contributed by atoms with E-state index in [-0.39, 0.29) is 19.0 Å². The zero-order chi connectivity index (χ0) is 28.2. The minimum atomic E-state index is -1.67. The first kappa shape index (κ1) is 42.5. The number of halogens is 11. The van der Waals surface area contributed by atoms with E-state index in [1.165, 1.54) is 0 Å². The third-order valence-corrected chi connectivity index (χ3v) is 4.60. The summed E-state index contributed by atoms with van der Waals surface area (Å²) in [7, 11) is 7.36. The number of alkyl halides is 1. The van der Waals surface area contributed by atoms with Gasteiger partial charge in [0.05, 0.1) is 24.4 Å². The summed E-state index contributed by atoms with van der Waals surface area (Å²) in [5, 5.41) is 10.3. The number of imidazole rings is 2. The largest absolute Gasteiger partial charge is 0.390 e. The van der Waals surface area contributed by atoms with Crippen LogP contribution in [0.3, 0.4) is 0 Å². The van der Waals surface area contributed by atoms with E-state index in [1.807, 2.05) is 36.4 Å². The van der Waals surface area contributed by atoms with Crippen molar-refractivity contribution >= 4 is 152 Å². The summed E-state index contributed by atoms with van der Waals surface area (Å²) in [5.74, 6) is 2.00. The first-order chi connectivity index (χ1) is 17.7. The Balaban J connectivity index is 0. The number of aromatic amines is 2. The third-order valence-electron chi connectivity index (χ3n) is 3.81. The number of nitrogens with zero attached hydrogens (tertiary/aromatic N) is 2. The van der Waals surface area contributed by atoms with Crippen molar-refractivity contribution in [3.8, 4) is 22.8 Å². The summed E-state index contributed by atoms with van der Waals surface area (Å²) < 4.78 is 9.09. The van der Waals surface area contributed by atoms with Crippen LogP contribution in [0.15, 0.2) is 60.9 Å². The molecule has 0 radical (unpaired) electrons. The molecule has 0 saturated heterocycles. The molecule has 0 aliphatic carbocycles. The minimum Gasteiger partial charge on any atom is -0.390 e. The topological polar surface area (TPSA) is 94.7 Å². The molecule has 0 saturated carbocycles. The molecule has 38 heavy (non-hydrogen) atoms. The van der Waals surface area contributed by atoms with Crippen molar-refractivity contribution in [2.75, 3.05) is 0 Å². The SMILES string of the molecule is Cl.ClCc1cnc(-c2ccc(Cl)cc2)[nH]1.II.I[I-]I.O=S(Cl)Cl.OCc1cnc(-c2ccc(Cl)cc2)[nH]1. The number of hydrogen-bond acceptors (Lipinski definition) is 4. The van der Waals surface area contributed by atoms with Gasteiger partial charge in [0.15, 0.2) is 0 Å². The second-order valence-corrected chi connectivity index (χ2v) is 26.0. The summed E-state index contributed by atoms with van der Waals surface area (Å²) in [6.07, 6.45) is 3.35. The van der Waals surface area contributed by atoms with Gasteiger partial charge in [-0.2, -0.15) is 0 Å². The molecular weight excluding hydrogens is 1210 g/mol. The molecule has 2 aromatic carbocycles. The molecule has 0 aliphatic heterocycles. The second-order valence-electron chi connectivity index (χ2n) is 6.06. The van der Waals surface area contributed by atoms with Gasteiger partial charge in [0.25, 0.3) is 0 Å². The zero-order valence-electron chi connectivity index (χ0n) is 18.5. The fourth-order valence-electron chi connectivity index (χ4n) is 2.38. The van der Waals surface area contributed by atoms with E-state index in [9.17, 15) is 0 Å². The number of aliphatic hydroxyl groups excluding tert-OH is 1. The van der Waals surface area contributed by atoms with Crippen LogP contribution in [0.25, 0.3) is 22.8 Å². The van der Waals surface area contributed by atoms with Crippen LogP contribution in [-0.2, 0) is 21.7 Å². The summed E-state index contributed by atoms with van der Waals surface area (Å²) in [4.78, 5) is 14.4. The van der Waals surface area contributed by atoms with E-state index in [1.54, 1.807) is 24.5 Å². The maximum atomic E-state index is 9.09.